The molecule has 2 heterocycles. The van der Waals surface area contributed by atoms with Crippen LogP contribution in [-0.4, -0.2) is 17.3 Å². The van der Waals surface area contributed by atoms with E-state index in [0.29, 0.717) is 17.2 Å². The molecule has 0 saturated heterocycles. The van der Waals surface area contributed by atoms with Crippen LogP contribution in [0.4, 0.5) is 0 Å². The lowest BCUT2D eigenvalue weighted by molar-refractivity contribution is 0.375. The molecule has 7 heteroatoms. The van der Waals surface area contributed by atoms with E-state index in [-0.39, 0.29) is 11.8 Å². The number of aromatic nitrogens is 2. The van der Waals surface area contributed by atoms with Crippen molar-refractivity contribution < 1.29 is 9.47 Å². The molecule has 22 heavy (non-hydrogen) atoms. The molecule has 1 aromatic heterocycles. The fourth-order valence-corrected chi connectivity index (χ4v) is 3.02. The summed E-state index contributed by atoms with van der Waals surface area (Å²) < 4.78 is 11.8. The number of allylic oxidation sites excluding steroid dienone is 1. The van der Waals surface area contributed by atoms with Gasteiger partial charge in [0.25, 0.3) is 0 Å². The average Bonchev–Trinajstić information content (AvgIpc) is 2.86. The molecule has 3 rings (SSSR count). The number of hydrogen-bond acceptors (Lipinski definition) is 5. The van der Waals surface area contributed by atoms with Crippen molar-refractivity contribution in [2.75, 3.05) is 7.11 Å². The first kappa shape index (κ1) is 14.5. The fourth-order valence-electron chi connectivity index (χ4n) is 2.64. The number of H-pyrrole nitrogens is 1. The maximum Gasteiger partial charge on any atom is 0.244 e. The maximum atomic E-state index is 9.53. The first-order valence-corrected chi connectivity index (χ1v) is 7.32. The summed E-state index contributed by atoms with van der Waals surface area (Å²) >= 11 is 3.46. The van der Waals surface area contributed by atoms with Gasteiger partial charge in [0.2, 0.25) is 11.8 Å². The van der Waals surface area contributed by atoms with Crippen LogP contribution in [0.25, 0.3) is 0 Å². The van der Waals surface area contributed by atoms with E-state index >= 15 is 0 Å². The summed E-state index contributed by atoms with van der Waals surface area (Å²) in [5, 5.41) is 16.5. The topological polar surface area (TPSA) is 96.9 Å². The number of nitrogens with two attached hydrogens (primary N) is 1. The van der Waals surface area contributed by atoms with E-state index in [1.165, 1.54) is 0 Å². The third-order valence-corrected chi connectivity index (χ3v) is 4.13. The van der Waals surface area contributed by atoms with E-state index in [9.17, 15) is 5.26 Å². The molecule has 0 bridgehead atoms. The van der Waals surface area contributed by atoms with Gasteiger partial charge in [-0.05, 0) is 25.1 Å². The Bertz CT molecular complexity index is 819. The van der Waals surface area contributed by atoms with Crippen LogP contribution in [0.2, 0.25) is 0 Å². The summed E-state index contributed by atoms with van der Waals surface area (Å²) in [6, 6.07) is 7.78. The van der Waals surface area contributed by atoms with Crippen molar-refractivity contribution in [3.8, 4) is 17.7 Å². The molecule has 1 aliphatic heterocycles. The van der Waals surface area contributed by atoms with Gasteiger partial charge in [-0.15, -0.1) is 5.10 Å². The summed E-state index contributed by atoms with van der Waals surface area (Å²) in [6.07, 6.45) is 0. The molecular weight excluding hydrogens is 348 g/mol. The molecule has 112 valence electrons. The standard InChI is InChI=1S/C15H13BrN4O2/c1-7-12-13(9-5-8(16)3-4-11(9)21-2)10(6-17)14(18)22-15(12)20-19-7/h3-5,13H,18H2,1-2H3,(H,19,20)/t13-/m0/s1. The lowest BCUT2D eigenvalue weighted by Crippen LogP contribution is -2.21. The zero-order valence-corrected chi connectivity index (χ0v) is 13.6. The van der Waals surface area contributed by atoms with E-state index in [1.54, 1.807) is 7.11 Å². The zero-order valence-electron chi connectivity index (χ0n) is 12.0. The Kier molecular flexibility index (Phi) is 3.54. The highest BCUT2D eigenvalue weighted by Gasteiger charge is 2.35. The number of benzene rings is 1. The predicted octanol–water partition coefficient (Wildman–Crippen LogP) is 2.71. The molecule has 0 amide bonds. The lowest BCUT2D eigenvalue weighted by atomic mass is 9.83. The number of fused-ring (bicyclic) bond motifs is 1. The number of nitrogens with zero attached hydrogens (tertiary/aromatic N) is 2. The molecule has 0 unspecified atom stereocenters. The molecule has 0 aliphatic carbocycles. The Morgan fingerprint density at radius 1 is 1.50 bits per heavy atom. The van der Waals surface area contributed by atoms with Crippen molar-refractivity contribution >= 4 is 15.9 Å². The van der Waals surface area contributed by atoms with Crippen LogP contribution in [0.1, 0.15) is 22.7 Å². The molecular formula is C15H13BrN4O2. The van der Waals surface area contributed by atoms with Crippen molar-refractivity contribution in [3.05, 3.63) is 50.9 Å². The largest absolute Gasteiger partial charge is 0.496 e. The molecule has 1 atom stereocenters. The summed E-state index contributed by atoms with van der Waals surface area (Å²) in [6.45, 7) is 1.88. The third-order valence-electron chi connectivity index (χ3n) is 3.63. The van der Waals surface area contributed by atoms with Gasteiger partial charge in [0.15, 0.2) is 0 Å². The monoisotopic (exact) mass is 360 g/mol. The van der Waals surface area contributed by atoms with Crippen LogP contribution in [-0.2, 0) is 0 Å². The van der Waals surface area contributed by atoms with E-state index in [2.05, 4.69) is 32.2 Å². The number of rotatable bonds is 2. The minimum atomic E-state index is -0.389. The van der Waals surface area contributed by atoms with E-state index in [0.717, 1.165) is 21.3 Å². The van der Waals surface area contributed by atoms with Crippen molar-refractivity contribution in [1.29, 1.82) is 5.26 Å². The average molecular weight is 361 g/mol. The molecule has 6 nitrogen and oxygen atoms in total. The summed E-state index contributed by atoms with van der Waals surface area (Å²) in [5.74, 6) is 0.733. The van der Waals surface area contributed by atoms with Crippen LogP contribution in [0.3, 0.4) is 0 Å². The van der Waals surface area contributed by atoms with Crippen LogP contribution in [0, 0.1) is 18.3 Å². The number of nitriles is 1. The van der Waals surface area contributed by atoms with Crippen LogP contribution >= 0.6 is 15.9 Å². The van der Waals surface area contributed by atoms with Crippen molar-refractivity contribution in [3.63, 3.8) is 0 Å². The Labute approximate surface area is 135 Å². The molecule has 0 fully saturated rings. The third kappa shape index (κ3) is 2.12. The van der Waals surface area contributed by atoms with Gasteiger partial charge in [-0.25, -0.2) is 0 Å². The highest BCUT2D eigenvalue weighted by Crippen LogP contribution is 2.45. The van der Waals surface area contributed by atoms with Crippen molar-refractivity contribution in [2.24, 2.45) is 5.73 Å². The van der Waals surface area contributed by atoms with Gasteiger partial charge >= 0.3 is 0 Å². The number of aryl methyl sites for hydroxylation is 1. The second kappa shape index (κ2) is 5.39. The Morgan fingerprint density at radius 3 is 2.95 bits per heavy atom. The number of ether oxygens (including phenoxy) is 2. The fraction of sp³-hybridized carbons (Fsp3) is 0.200. The smallest absolute Gasteiger partial charge is 0.244 e. The van der Waals surface area contributed by atoms with Gasteiger partial charge in [-0.2, -0.15) is 5.26 Å². The Hall–Kier alpha value is -2.46. The van der Waals surface area contributed by atoms with Crippen molar-refractivity contribution in [1.82, 2.24) is 10.2 Å². The number of aromatic amines is 1. The minimum Gasteiger partial charge on any atom is -0.496 e. The molecule has 0 radical (unpaired) electrons. The Morgan fingerprint density at radius 2 is 2.27 bits per heavy atom. The van der Waals surface area contributed by atoms with Crippen LogP contribution in [0.5, 0.6) is 11.6 Å². The lowest BCUT2D eigenvalue weighted by Gasteiger charge is -2.25. The molecule has 1 aromatic carbocycles. The molecule has 1 aliphatic rings. The van der Waals surface area contributed by atoms with Gasteiger partial charge in [0.1, 0.15) is 17.4 Å². The molecule has 2 aromatic rings. The second-order valence-corrected chi connectivity index (χ2v) is 5.79. The number of nitrogens with one attached hydrogen (secondary N) is 1. The zero-order chi connectivity index (χ0) is 15.9. The van der Waals surface area contributed by atoms with E-state index < -0.39 is 0 Å². The maximum absolute atomic E-state index is 9.53. The normalized spacial score (nSPS) is 16.7. The van der Waals surface area contributed by atoms with Gasteiger partial charge in [-0.1, -0.05) is 15.9 Å². The quantitative estimate of drug-likeness (QED) is 0.857. The molecule has 0 spiro atoms. The SMILES string of the molecule is COc1ccc(Br)cc1[C@H]1C(C#N)=C(N)Oc2n[nH]c(C)c21. The first-order chi connectivity index (χ1) is 10.6. The number of hydrogen-bond donors (Lipinski definition) is 2. The molecule has 3 N–H and O–H groups in total. The number of methoxy groups -OCH3 is 1. The number of halogens is 1. The van der Waals surface area contributed by atoms with E-state index in [1.807, 2.05) is 25.1 Å². The van der Waals surface area contributed by atoms with E-state index in [4.69, 9.17) is 15.2 Å². The minimum absolute atomic E-state index is 0.0635. The summed E-state index contributed by atoms with van der Waals surface area (Å²) in [4.78, 5) is 0. The van der Waals surface area contributed by atoms with Gasteiger partial charge in [0.05, 0.1) is 13.0 Å². The summed E-state index contributed by atoms with van der Waals surface area (Å²) in [5.41, 5.74) is 8.68. The second-order valence-electron chi connectivity index (χ2n) is 4.88. The van der Waals surface area contributed by atoms with Gasteiger partial charge in [0, 0.05) is 21.3 Å². The highest BCUT2D eigenvalue weighted by molar-refractivity contribution is 9.10. The van der Waals surface area contributed by atoms with Crippen LogP contribution < -0.4 is 15.2 Å². The van der Waals surface area contributed by atoms with Gasteiger partial charge < -0.3 is 15.2 Å². The van der Waals surface area contributed by atoms with Crippen molar-refractivity contribution in [2.45, 2.75) is 12.8 Å². The molecule has 0 saturated carbocycles. The summed E-state index contributed by atoms with van der Waals surface area (Å²) in [7, 11) is 1.59. The first-order valence-electron chi connectivity index (χ1n) is 6.52. The predicted molar refractivity (Wildman–Crippen MR) is 83.3 cm³/mol. The Balaban J connectivity index is 2.30. The van der Waals surface area contributed by atoms with Gasteiger partial charge in [-0.3, -0.25) is 5.10 Å². The highest BCUT2D eigenvalue weighted by atomic mass is 79.9. The van der Waals surface area contributed by atoms with Crippen LogP contribution in [0.15, 0.2) is 34.1 Å².